The van der Waals surface area contributed by atoms with Gasteiger partial charge in [-0.05, 0) is 69.8 Å². The predicted molar refractivity (Wildman–Crippen MR) is 165 cm³/mol. The SMILES string of the molecule is COC(=O)c1ccc(COc2ccc(OCc3ccc(C(=O)OC)cc3)c3c2C2c4ccccc4C3c3ccccc32)cc1. The Hall–Kier alpha value is -5.36. The molecule has 0 radical (unpaired) electrons. The number of hydrogen-bond donors (Lipinski definition) is 0. The number of methoxy groups -OCH3 is 2. The first-order valence-electron chi connectivity index (χ1n) is 14.5. The van der Waals surface area contributed by atoms with Crippen LogP contribution < -0.4 is 9.47 Å². The highest BCUT2D eigenvalue weighted by molar-refractivity contribution is 5.89. The van der Waals surface area contributed by atoms with E-state index in [1.54, 1.807) is 24.3 Å². The molecule has 0 saturated carbocycles. The first-order chi connectivity index (χ1) is 21.6. The van der Waals surface area contributed by atoms with Gasteiger partial charge in [0.1, 0.15) is 24.7 Å². The maximum atomic E-state index is 11.9. The lowest BCUT2D eigenvalue weighted by Gasteiger charge is -2.43. The summed E-state index contributed by atoms with van der Waals surface area (Å²) in [5.74, 6) is 0.894. The normalized spacial score (nSPS) is 15.4. The molecule has 0 saturated heterocycles. The molecule has 0 N–H and O–H groups in total. The van der Waals surface area contributed by atoms with Gasteiger partial charge in [0, 0.05) is 23.0 Å². The van der Waals surface area contributed by atoms with E-state index in [2.05, 4.69) is 48.5 Å². The van der Waals surface area contributed by atoms with Crippen LogP contribution in [0.3, 0.4) is 0 Å². The monoisotopic (exact) mass is 582 g/mol. The first-order valence-corrected chi connectivity index (χ1v) is 14.5. The average Bonchev–Trinajstić information content (AvgIpc) is 3.09. The summed E-state index contributed by atoms with van der Waals surface area (Å²) >= 11 is 0. The Labute approximate surface area is 255 Å². The summed E-state index contributed by atoms with van der Waals surface area (Å²) in [4.78, 5) is 23.8. The number of esters is 2. The summed E-state index contributed by atoms with van der Waals surface area (Å²) in [6.45, 7) is 0.697. The molecule has 0 spiro atoms. The Kier molecular flexibility index (Phi) is 7.10. The van der Waals surface area contributed by atoms with E-state index in [1.807, 2.05) is 36.4 Å². The predicted octanol–water partition coefficient (Wildman–Crippen LogP) is 7.41. The molecular weight excluding hydrogens is 552 g/mol. The lowest BCUT2D eigenvalue weighted by atomic mass is 9.60. The second kappa shape index (κ2) is 11.4. The maximum Gasteiger partial charge on any atom is 0.337 e. The number of ether oxygens (including phenoxy) is 4. The van der Waals surface area contributed by atoms with Gasteiger partial charge in [-0.15, -0.1) is 0 Å². The van der Waals surface area contributed by atoms with Crippen LogP contribution in [0.25, 0.3) is 0 Å². The van der Waals surface area contributed by atoms with Gasteiger partial charge in [-0.25, -0.2) is 9.59 Å². The van der Waals surface area contributed by atoms with Crippen molar-refractivity contribution in [3.63, 3.8) is 0 Å². The third-order valence-electron chi connectivity index (χ3n) is 8.56. The number of rotatable bonds is 8. The number of benzene rings is 5. The van der Waals surface area contributed by atoms with Crippen molar-refractivity contribution >= 4 is 11.9 Å². The standard InChI is InChI=1S/C38H30O6/c1-41-37(39)25-15-11-23(12-16-25)21-43-31-19-20-32(44-22-24-13-17-26(18-14-24)38(40)42-2)36-34-29-9-5-3-7-27(29)33(35(31)36)28-8-4-6-10-30(28)34/h3-20,33-34H,21-22H2,1-2H3. The van der Waals surface area contributed by atoms with Crippen molar-refractivity contribution in [1.29, 1.82) is 0 Å². The van der Waals surface area contributed by atoms with Crippen molar-refractivity contribution < 1.29 is 28.5 Å². The quantitative estimate of drug-likeness (QED) is 0.174. The fourth-order valence-electron chi connectivity index (χ4n) is 6.51. The highest BCUT2D eigenvalue weighted by Gasteiger charge is 2.44. The summed E-state index contributed by atoms with van der Waals surface area (Å²) < 4.78 is 22.8. The fraction of sp³-hybridized carbons (Fsp3) is 0.158. The molecule has 8 rings (SSSR count). The highest BCUT2D eigenvalue weighted by Crippen LogP contribution is 2.60. The molecule has 0 aromatic heterocycles. The van der Waals surface area contributed by atoms with Crippen molar-refractivity contribution in [3.05, 3.63) is 165 Å². The molecule has 5 aromatic carbocycles. The van der Waals surface area contributed by atoms with Crippen molar-refractivity contribution in [3.8, 4) is 11.5 Å². The van der Waals surface area contributed by atoms with Crippen molar-refractivity contribution in [2.45, 2.75) is 25.0 Å². The largest absolute Gasteiger partial charge is 0.489 e. The van der Waals surface area contributed by atoms with E-state index < -0.39 is 0 Å². The van der Waals surface area contributed by atoms with Gasteiger partial charge in [-0.1, -0.05) is 72.8 Å². The van der Waals surface area contributed by atoms with Crippen LogP contribution in [0.5, 0.6) is 11.5 Å². The third kappa shape index (κ3) is 4.69. The van der Waals surface area contributed by atoms with Gasteiger partial charge in [0.25, 0.3) is 0 Å². The van der Waals surface area contributed by atoms with E-state index in [0.29, 0.717) is 24.3 Å². The summed E-state index contributed by atoms with van der Waals surface area (Å²) in [5.41, 5.74) is 10.3. The van der Waals surface area contributed by atoms with Crippen molar-refractivity contribution in [1.82, 2.24) is 0 Å². The molecule has 2 bridgehead atoms. The number of hydrogen-bond acceptors (Lipinski definition) is 6. The van der Waals surface area contributed by atoms with Gasteiger partial charge in [0.2, 0.25) is 0 Å². The van der Waals surface area contributed by atoms with E-state index in [0.717, 1.165) is 33.8 Å². The Morgan fingerprint density at radius 1 is 0.500 bits per heavy atom. The lowest BCUT2D eigenvalue weighted by Crippen LogP contribution is -2.28. The van der Waals surface area contributed by atoms with Gasteiger partial charge in [0.05, 0.1) is 25.3 Å². The average molecular weight is 583 g/mol. The molecule has 44 heavy (non-hydrogen) atoms. The molecule has 0 amide bonds. The molecule has 3 aliphatic carbocycles. The Balaban J connectivity index is 1.26. The van der Waals surface area contributed by atoms with E-state index in [-0.39, 0.29) is 23.8 Å². The molecule has 6 heteroatoms. The van der Waals surface area contributed by atoms with Gasteiger partial charge in [0.15, 0.2) is 0 Å². The molecule has 0 fully saturated rings. The Morgan fingerprint density at radius 3 is 1.16 bits per heavy atom. The smallest absolute Gasteiger partial charge is 0.337 e. The van der Waals surface area contributed by atoms with Gasteiger partial charge in [-0.3, -0.25) is 0 Å². The van der Waals surface area contributed by atoms with Crippen LogP contribution in [-0.2, 0) is 22.7 Å². The van der Waals surface area contributed by atoms with E-state index in [9.17, 15) is 9.59 Å². The number of carbonyl (C=O) groups is 2. The highest BCUT2D eigenvalue weighted by atomic mass is 16.5. The molecule has 0 heterocycles. The molecule has 0 atom stereocenters. The molecular formula is C38H30O6. The number of carbonyl (C=O) groups excluding carboxylic acids is 2. The van der Waals surface area contributed by atoms with Crippen molar-refractivity contribution in [2.75, 3.05) is 14.2 Å². The first kappa shape index (κ1) is 27.5. The van der Waals surface area contributed by atoms with Crippen LogP contribution in [0.4, 0.5) is 0 Å². The van der Waals surface area contributed by atoms with Crippen LogP contribution in [-0.4, -0.2) is 26.2 Å². The van der Waals surface area contributed by atoms with E-state index in [4.69, 9.17) is 18.9 Å². The zero-order valence-corrected chi connectivity index (χ0v) is 24.4. The molecule has 218 valence electrons. The topological polar surface area (TPSA) is 71.1 Å². The minimum absolute atomic E-state index is 0.00184. The van der Waals surface area contributed by atoms with Gasteiger partial charge in [-0.2, -0.15) is 0 Å². The van der Waals surface area contributed by atoms with E-state index in [1.165, 1.54) is 36.5 Å². The van der Waals surface area contributed by atoms with Gasteiger partial charge >= 0.3 is 11.9 Å². The zero-order chi connectivity index (χ0) is 30.2. The third-order valence-corrected chi connectivity index (χ3v) is 8.56. The zero-order valence-electron chi connectivity index (χ0n) is 24.4. The van der Waals surface area contributed by atoms with Crippen LogP contribution in [0.1, 0.15) is 77.1 Å². The fourth-order valence-corrected chi connectivity index (χ4v) is 6.51. The van der Waals surface area contributed by atoms with Crippen LogP contribution in [0.2, 0.25) is 0 Å². The van der Waals surface area contributed by atoms with E-state index >= 15 is 0 Å². The summed E-state index contributed by atoms with van der Waals surface area (Å²) in [6.07, 6.45) is 0. The van der Waals surface area contributed by atoms with Crippen molar-refractivity contribution in [2.24, 2.45) is 0 Å². The van der Waals surface area contributed by atoms with Crippen LogP contribution in [0, 0.1) is 0 Å². The van der Waals surface area contributed by atoms with Gasteiger partial charge < -0.3 is 18.9 Å². The van der Waals surface area contributed by atoms with Crippen LogP contribution in [0.15, 0.2) is 109 Å². The molecule has 0 unspecified atom stereocenters. The lowest BCUT2D eigenvalue weighted by molar-refractivity contribution is 0.0592. The minimum Gasteiger partial charge on any atom is -0.489 e. The summed E-state index contributed by atoms with van der Waals surface area (Å²) in [7, 11) is 2.75. The Morgan fingerprint density at radius 2 is 0.841 bits per heavy atom. The summed E-state index contributed by atoms with van der Waals surface area (Å²) in [5, 5.41) is 0. The Bertz CT molecular complexity index is 1690. The second-order valence-corrected chi connectivity index (χ2v) is 11.0. The molecule has 5 aromatic rings. The second-order valence-electron chi connectivity index (χ2n) is 11.0. The minimum atomic E-state index is -0.366. The maximum absolute atomic E-state index is 11.9. The molecule has 6 nitrogen and oxygen atoms in total. The molecule has 0 aliphatic heterocycles. The molecule has 3 aliphatic rings. The van der Waals surface area contributed by atoms with Crippen LogP contribution >= 0.6 is 0 Å². The summed E-state index contributed by atoms with van der Waals surface area (Å²) in [6, 6.07) is 35.9.